The number of hydrogen-bond donors (Lipinski definition) is 1. The van der Waals surface area contributed by atoms with Crippen LogP contribution in [-0.4, -0.2) is 13.3 Å². The van der Waals surface area contributed by atoms with Gasteiger partial charge in [0.15, 0.2) is 0 Å². The van der Waals surface area contributed by atoms with E-state index in [9.17, 15) is 4.79 Å². The normalized spacial score (nSPS) is 10.4. The summed E-state index contributed by atoms with van der Waals surface area (Å²) >= 11 is 0. The van der Waals surface area contributed by atoms with Crippen molar-refractivity contribution in [3.63, 3.8) is 0 Å². The molecule has 64 valence electrons. The average molecular weight is 155 g/mol. The molecule has 0 spiro atoms. The van der Waals surface area contributed by atoms with Gasteiger partial charge in [0.25, 0.3) is 0 Å². The van der Waals surface area contributed by atoms with Crippen LogP contribution in [0.3, 0.4) is 0 Å². The van der Waals surface area contributed by atoms with Crippen LogP contribution in [0.4, 0.5) is 0 Å². The second-order valence-corrected chi connectivity index (χ2v) is 1.68. The summed E-state index contributed by atoms with van der Waals surface area (Å²) in [6.45, 7) is 5.76. The topological polar surface area (TPSA) is 29.1 Å². The lowest BCUT2D eigenvalue weighted by molar-refractivity contribution is -0.104. The zero-order valence-electron chi connectivity index (χ0n) is 7.72. The molecule has 0 bridgehead atoms. The van der Waals surface area contributed by atoms with Gasteiger partial charge >= 0.3 is 0 Å². The highest BCUT2D eigenvalue weighted by Crippen LogP contribution is 1.84. The lowest BCUT2D eigenvalue weighted by Gasteiger charge is -1.82. The van der Waals surface area contributed by atoms with Crippen molar-refractivity contribution < 1.29 is 4.79 Å². The van der Waals surface area contributed by atoms with E-state index in [1.165, 1.54) is 0 Å². The lowest BCUT2D eigenvalue weighted by Crippen LogP contribution is -1.89. The molecular weight excluding hydrogens is 138 g/mol. The molecule has 0 heterocycles. The van der Waals surface area contributed by atoms with Gasteiger partial charge in [0.2, 0.25) is 0 Å². The Bertz CT molecular complexity index is 136. The third-order valence-corrected chi connectivity index (χ3v) is 0.808. The van der Waals surface area contributed by atoms with Gasteiger partial charge in [0, 0.05) is 7.05 Å². The molecule has 0 amide bonds. The summed E-state index contributed by atoms with van der Waals surface area (Å²) in [4.78, 5) is 9.98. The number of aldehydes is 1. The van der Waals surface area contributed by atoms with E-state index in [4.69, 9.17) is 0 Å². The minimum absolute atomic E-state index is 0.724. The maximum Gasteiger partial charge on any atom is 0.145 e. The van der Waals surface area contributed by atoms with Crippen molar-refractivity contribution in [2.75, 3.05) is 7.05 Å². The first-order valence-electron chi connectivity index (χ1n) is 3.77. The summed E-state index contributed by atoms with van der Waals surface area (Å²) in [5.74, 6) is 0. The maximum atomic E-state index is 9.98. The van der Waals surface area contributed by atoms with Gasteiger partial charge in [-0.05, 0) is 24.8 Å². The summed E-state index contributed by atoms with van der Waals surface area (Å²) in [6, 6.07) is 0. The molecule has 0 rings (SSSR count). The van der Waals surface area contributed by atoms with Crippen molar-refractivity contribution in [1.29, 1.82) is 0 Å². The van der Waals surface area contributed by atoms with E-state index in [1.54, 1.807) is 32.3 Å². The highest BCUT2D eigenvalue weighted by Gasteiger charge is 1.76. The number of allylic oxidation sites excluding steroid dienone is 3. The fourth-order valence-electron chi connectivity index (χ4n) is 0.335. The van der Waals surface area contributed by atoms with Gasteiger partial charge in [-0.3, -0.25) is 4.79 Å². The summed E-state index contributed by atoms with van der Waals surface area (Å²) < 4.78 is 0. The van der Waals surface area contributed by atoms with Crippen LogP contribution in [0.1, 0.15) is 20.8 Å². The summed E-state index contributed by atoms with van der Waals surface area (Å²) in [7, 11) is 1.81. The van der Waals surface area contributed by atoms with Gasteiger partial charge in [0.05, 0.1) is 0 Å². The highest BCUT2D eigenvalue weighted by molar-refractivity contribution is 5.72. The van der Waals surface area contributed by atoms with Crippen molar-refractivity contribution in [2.45, 2.75) is 20.8 Å². The van der Waals surface area contributed by atoms with E-state index >= 15 is 0 Å². The minimum Gasteiger partial charge on any atom is -0.394 e. The van der Waals surface area contributed by atoms with E-state index in [2.05, 4.69) is 5.32 Å². The van der Waals surface area contributed by atoms with E-state index in [-0.39, 0.29) is 0 Å². The molecule has 1 N–H and O–H groups in total. The number of nitrogens with one attached hydrogen (secondary N) is 1. The van der Waals surface area contributed by atoms with Gasteiger partial charge in [-0.1, -0.05) is 19.9 Å². The van der Waals surface area contributed by atoms with Crippen LogP contribution in [0, 0.1) is 0 Å². The number of hydrogen-bond acceptors (Lipinski definition) is 2. The molecule has 0 fully saturated rings. The van der Waals surface area contributed by atoms with Crippen molar-refractivity contribution in [3.8, 4) is 0 Å². The van der Waals surface area contributed by atoms with E-state index in [0.717, 1.165) is 11.9 Å². The van der Waals surface area contributed by atoms with Crippen LogP contribution in [0.25, 0.3) is 0 Å². The molecule has 0 aromatic heterocycles. The van der Waals surface area contributed by atoms with Gasteiger partial charge < -0.3 is 5.32 Å². The van der Waals surface area contributed by atoms with E-state index in [1.807, 2.05) is 13.8 Å². The minimum atomic E-state index is 0.724. The van der Waals surface area contributed by atoms with Gasteiger partial charge in [-0.15, -0.1) is 0 Å². The Morgan fingerprint density at radius 1 is 1.36 bits per heavy atom. The standard InChI is InChI=1S/C7H11NO.C2H6/c1-7(6-9)4-3-5-8-2;1-2/h3-6,8H,1-2H3;1-2H3/b5-3-,7-4-;. The van der Waals surface area contributed by atoms with Crippen molar-refractivity contribution in [3.05, 3.63) is 23.9 Å². The van der Waals surface area contributed by atoms with Crippen LogP contribution in [0.15, 0.2) is 23.9 Å². The Morgan fingerprint density at radius 3 is 2.27 bits per heavy atom. The Morgan fingerprint density at radius 2 is 1.91 bits per heavy atom. The number of carbonyl (C=O) groups excluding carboxylic acids is 1. The monoisotopic (exact) mass is 155 g/mol. The van der Waals surface area contributed by atoms with Crippen molar-refractivity contribution in [2.24, 2.45) is 0 Å². The third-order valence-electron chi connectivity index (χ3n) is 0.808. The molecule has 11 heavy (non-hydrogen) atoms. The summed E-state index contributed by atoms with van der Waals surface area (Å²) in [5.41, 5.74) is 0.724. The molecule has 2 nitrogen and oxygen atoms in total. The average Bonchev–Trinajstić information content (AvgIpc) is 2.08. The van der Waals surface area contributed by atoms with Crippen molar-refractivity contribution in [1.82, 2.24) is 5.32 Å². The number of carbonyl (C=O) groups is 1. The van der Waals surface area contributed by atoms with Gasteiger partial charge in [-0.25, -0.2) is 0 Å². The molecule has 0 aromatic rings. The van der Waals surface area contributed by atoms with Crippen molar-refractivity contribution >= 4 is 6.29 Å². The van der Waals surface area contributed by atoms with E-state index in [0.29, 0.717) is 0 Å². The molecule has 0 unspecified atom stereocenters. The molecule has 0 aliphatic carbocycles. The fraction of sp³-hybridized carbons (Fsp3) is 0.444. The van der Waals surface area contributed by atoms with Gasteiger partial charge in [-0.2, -0.15) is 0 Å². The Balaban J connectivity index is 0. The van der Waals surface area contributed by atoms with Gasteiger partial charge in [0.1, 0.15) is 6.29 Å². The molecule has 0 aliphatic heterocycles. The molecule has 0 saturated heterocycles. The first-order valence-corrected chi connectivity index (χ1v) is 3.77. The third kappa shape index (κ3) is 12.2. The fourth-order valence-corrected chi connectivity index (χ4v) is 0.335. The zero-order chi connectivity index (χ0) is 9.11. The quantitative estimate of drug-likeness (QED) is 0.383. The second kappa shape index (κ2) is 11.7. The lowest BCUT2D eigenvalue weighted by atomic mass is 10.3. The first kappa shape index (κ1) is 12.6. The Kier molecular flexibility index (Phi) is 13.4. The Labute approximate surface area is 69.0 Å². The largest absolute Gasteiger partial charge is 0.394 e. The number of rotatable bonds is 3. The molecule has 0 radical (unpaired) electrons. The predicted molar refractivity (Wildman–Crippen MR) is 49.4 cm³/mol. The SMILES string of the molecule is CC.CN/C=C\C=C(\C)C=O. The predicted octanol–water partition coefficient (Wildman–Crippen LogP) is 1.89. The zero-order valence-corrected chi connectivity index (χ0v) is 7.72. The molecule has 0 aromatic carbocycles. The maximum absolute atomic E-state index is 9.98. The first-order chi connectivity index (χ1) is 5.31. The molecule has 2 heteroatoms. The molecular formula is C9H17NO. The van der Waals surface area contributed by atoms with Crippen LogP contribution in [0.5, 0.6) is 0 Å². The van der Waals surface area contributed by atoms with E-state index < -0.39 is 0 Å². The molecule has 0 aliphatic rings. The summed E-state index contributed by atoms with van der Waals surface area (Å²) in [6.07, 6.45) is 6.10. The summed E-state index contributed by atoms with van der Waals surface area (Å²) in [5, 5.41) is 2.81. The Hall–Kier alpha value is -1.05. The van der Waals surface area contributed by atoms with Crippen LogP contribution in [-0.2, 0) is 4.79 Å². The molecule has 0 atom stereocenters. The second-order valence-electron chi connectivity index (χ2n) is 1.68. The molecule has 0 saturated carbocycles. The smallest absolute Gasteiger partial charge is 0.145 e. The highest BCUT2D eigenvalue weighted by atomic mass is 16.1. The van der Waals surface area contributed by atoms with Crippen LogP contribution < -0.4 is 5.32 Å². The van der Waals surface area contributed by atoms with Crippen LogP contribution in [0.2, 0.25) is 0 Å². The van der Waals surface area contributed by atoms with Crippen LogP contribution >= 0.6 is 0 Å².